The zero-order valence-corrected chi connectivity index (χ0v) is 10.8. The molecule has 2 heterocycles. The van der Waals surface area contributed by atoms with Crippen molar-refractivity contribution in [1.82, 2.24) is 4.90 Å². The molecule has 0 atom stereocenters. The summed E-state index contributed by atoms with van der Waals surface area (Å²) in [5, 5.41) is 9.73. The smallest absolute Gasteiger partial charge is 0.260 e. The molecular formula is C13H19N2O3+. The Balaban J connectivity index is 2.01. The van der Waals surface area contributed by atoms with Crippen LogP contribution in [-0.2, 0) is 11.8 Å². The van der Waals surface area contributed by atoms with Crippen LogP contribution in [0.25, 0.3) is 0 Å². The number of aromatic nitrogens is 1. The molecular weight excluding hydrogens is 232 g/mol. The minimum atomic E-state index is -0.0159. The predicted molar refractivity (Wildman–Crippen MR) is 65.3 cm³/mol. The lowest BCUT2D eigenvalue weighted by Crippen LogP contribution is -2.34. The number of carbonyl (C=O) groups excluding carboxylic acids is 1. The maximum Gasteiger partial charge on any atom is 0.260 e. The molecule has 0 spiro atoms. The molecule has 98 valence electrons. The van der Waals surface area contributed by atoms with Gasteiger partial charge >= 0.3 is 0 Å². The van der Waals surface area contributed by atoms with Crippen LogP contribution < -0.4 is 9.30 Å². The molecule has 5 heteroatoms. The first-order valence-electron chi connectivity index (χ1n) is 6.18. The van der Waals surface area contributed by atoms with E-state index in [1.54, 1.807) is 17.2 Å². The van der Waals surface area contributed by atoms with Crippen LogP contribution in [-0.4, -0.2) is 35.6 Å². The Kier molecular flexibility index (Phi) is 3.69. The van der Waals surface area contributed by atoms with Crippen LogP contribution in [0.5, 0.6) is 11.5 Å². The van der Waals surface area contributed by atoms with Crippen molar-refractivity contribution in [3.05, 3.63) is 18.0 Å². The molecule has 1 saturated heterocycles. The molecule has 18 heavy (non-hydrogen) atoms. The molecule has 0 radical (unpaired) electrons. The maximum absolute atomic E-state index is 11.8. The average Bonchev–Trinajstić information content (AvgIpc) is 2.87. The topological polar surface area (TPSA) is 53.6 Å². The Bertz CT molecular complexity index is 454. The Morgan fingerprint density at radius 1 is 1.50 bits per heavy atom. The highest BCUT2D eigenvalue weighted by molar-refractivity contribution is 5.78. The van der Waals surface area contributed by atoms with Gasteiger partial charge in [0.25, 0.3) is 5.91 Å². The van der Waals surface area contributed by atoms with Crippen LogP contribution in [0.1, 0.15) is 18.5 Å². The lowest BCUT2D eigenvalue weighted by molar-refractivity contribution is -0.678. The predicted octanol–water partition coefficient (Wildman–Crippen LogP) is 0.526. The molecule has 5 nitrogen and oxygen atoms in total. The van der Waals surface area contributed by atoms with Crippen molar-refractivity contribution in [3.63, 3.8) is 0 Å². The number of carbonyl (C=O) groups is 1. The number of ether oxygens (including phenoxy) is 1. The summed E-state index contributed by atoms with van der Waals surface area (Å²) in [4.78, 5) is 13.6. The Hall–Kier alpha value is -1.78. The van der Waals surface area contributed by atoms with Crippen molar-refractivity contribution >= 4 is 5.91 Å². The van der Waals surface area contributed by atoms with Gasteiger partial charge in [-0.05, 0) is 12.8 Å². The van der Waals surface area contributed by atoms with Gasteiger partial charge in [-0.25, -0.2) is 4.57 Å². The Morgan fingerprint density at radius 3 is 2.83 bits per heavy atom. The normalized spacial score (nSPS) is 14.9. The summed E-state index contributed by atoms with van der Waals surface area (Å²) in [6.45, 7) is 3.46. The average molecular weight is 251 g/mol. The molecule has 1 aromatic rings. The quantitative estimate of drug-likeness (QED) is 0.797. The molecule has 1 amide bonds. The highest BCUT2D eigenvalue weighted by Crippen LogP contribution is 2.26. The summed E-state index contributed by atoms with van der Waals surface area (Å²) in [5.74, 6) is 0.435. The zero-order valence-electron chi connectivity index (χ0n) is 10.8. The van der Waals surface area contributed by atoms with E-state index >= 15 is 0 Å². The lowest BCUT2D eigenvalue weighted by Gasteiger charge is -2.15. The minimum absolute atomic E-state index is 0.0155. The second-order valence-electron chi connectivity index (χ2n) is 4.60. The van der Waals surface area contributed by atoms with Crippen molar-refractivity contribution in [2.45, 2.75) is 19.8 Å². The summed E-state index contributed by atoms with van der Waals surface area (Å²) in [7, 11) is 1.87. The number of amides is 1. The van der Waals surface area contributed by atoms with Gasteiger partial charge in [0.15, 0.2) is 18.6 Å². The zero-order chi connectivity index (χ0) is 13.1. The van der Waals surface area contributed by atoms with Gasteiger partial charge < -0.3 is 14.7 Å². The van der Waals surface area contributed by atoms with E-state index in [9.17, 15) is 9.90 Å². The first-order chi connectivity index (χ1) is 8.59. The molecule has 1 aromatic heterocycles. The number of likely N-dealkylation sites (tertiary alicyclic amines) is 1. The minimum Gasteiger partial charge on any atom is -0.504 e. The largest absolute Gasteiger partial charge is 0.504 e. The molecule has 1 aliphatic heterocycles. The van der Waals surface area contributed by atoms with Crippen LogP contribution in [0, 0.1) is 6.92 Å². The van der Waals surface area contributed by atoms with E-state index in [0.29, 0.717) is 5.75 Å². The van der Waals surface area contributed by atoms with E-state index in [2.05, 4.69) is 0 Å². The summed E-state index contributed by atoms with van der Waals surface area (Å²) in [5.41, 5.74) is 0.796. The number of rotatable bonds is 3. The standard InChI is InChI=1S/C13H18N2O3/c1-10-13(11(16)5-8-14(10)2)18-9-12(17)15-6-3-4-7-15/h5,8H,3-4,6-7,9H2,1-2H3/p+1. The monoisotopic (exact) mass is 251 g/mol. The second kappa shape index (κ2) is 5.25. The van der Waals surface area contributed by atoms with Gasteiger partial charge in [-0.1, -0.05) is 0 Å². The SMILES string of the molecule is Cc1c(OCC(=O)N2CCCC2)c(O)cc[n+]1C. The molecule has 1 N–H and O–H groups in total. The van der Waals surface area contributed by atoms with Gasteiger partial charge in [-0.3, -0.25) is 4.79 Å². The molecule has 0 aliphatic carbocycles. The molecule has 2 rings (SSSR count). The van der Waals surface area contributed by atoms with E-state index in [1.807, 2.05) is 18.5 Å². The number of hydrogen-bond acceptors (Lipinski definition) is 3. The first-order valence-corrected chi connectivity index (χ1v) is 6.18. The summed E-state index contributed by atoms with van der Waals surface area (Å²) in [6, 6.07) is 1.56. The number of hydrogen-bond donors (Lipinski definition) is 1. The van der Waals surface area contributed by atoms with Crippen molar-refractivity contribution in [3.8, 4) is 11.5 Å². The van der Waals surface area contributed by atoms with Crippen LogP contribution in [0.4, 0.5) is 0 Å². The van der Waals surface area contributed by atoms with Gasteiger partial charge in [0.05, 0.1) is 0 Å². The maximum atomic E-state index is 11.8. The Morgan fingerprint density at radius 2 is 2.17 bits per heavy atom. The van der Waals surface area contributed by atoms with E-state index < -0.39 is 0 Å². The number of nitrogens with zero attached hydrogens (tertiary/aromatic N) is 2. The van der Waals surface area contributed by atoms with Gasteiger partial charge in [0, 0.05) is 26.1 Å². The van der Waals surface area contributed by atoms with Gasteiger partial charge in [-0.2, -0.15) is 0 Å². The molecule has 1 aliphatic rings. The molecule has 1 fully saturated rings. The third-order valence-corrected chi connectivity index (χ3v) is 3.35. The van der Waals surface area contributed by atoms with E-state index in [1.165, 1.54) is 0 Å². The van der Waals surface area contributed by atoms with E-state index in [-0.39, 0.29) is 18.3 Å². The summed E-state index contributed by atoms with van der Waals surface area (Å²) in [6.07, 6.45) is 3.88. The number of pyridine rings is 1. The molecule has 0 unspecified atom stereocenters. The second-order valence-corrected chi connectivity index (χ2v) is 4.60. The molecule has 0 bridgehead atoms. The highest BCUT2D eigenvalue weighted by Gasteiger charge is 2.21. The van der Waals surface area contributed by atoms with Crippen LogP contribution >= 0.6 is 0 Å². The van der Waals surface area contributed by atoms with E-state index in [4.69, 9.17) is 4.74 Å². The third kappa shape index (κ3) is 2.55. The number of aromatic hydroxyl groups is 1. The summed E-state index contributed by atoms with van der Waals surface area (Å²) >= 11 is 0. The van der Waals surface area contributed by atoms with Crippen LogP contribution in [0.15, 0.2) is 12.3 Å². The lowest BCUT2D eigenvalue weighted by atomic mass is 10.3. The van der Waals surface area contributed by atoms with Gasteiger partial charge in [-0.15, -0.1) is 0 Å². The highest BCUT2D eigenvalue weighted by atomic mass is 16.5. The van der Waals surface area contributed by atoms with Crippen molar-refractivity contribution < 1.29 is 19.2 Å². The van der Waals surface area contributed by atoms with Crippen molar-refractivity contribution in [2.24, 2.45) is 7.05 Å². The fraction of sp³-hybridized carbons (Fsp3) is 0.538. The summed E-state index contributed by atoms with van der Waals surface area (Å²) < 4.78 is 7.30. The van der Waals surface area contributed by atoms with Gasteiger partial charge in [0.2, 0.25) is 11.4 Å². The fourth-order valence-corrected chi connectivity index (χ4v) is 2.09. The van der Waals surface area contributed by atoms with E-state index in [0.717, 1.165) is 31.6 Å². The Labute approximate surface area is 107 Å². The number of aryl methyl sites for hydroxylation is 1. The van der Waals surface area contributed by atoms with Gasteiger partial charge in [0.1, 0.15) is 7.05 Å². The van der Waals surface area contributed by atoms with Crippen molar-refractivity contribution in [2.75, 3.05) is 19.7 Å². The fourth-order valence-electron chi connectivity index (χ4n) is 2.09. The van der Waals surface area contributed by atoms with Crippen LogP contribution in [0.2, 0.25) is 0 Å². The van der Waals surface area contributed by atoms with Crippen molar-refractivity contribution in [1.29, 1.82) is 0 Å². The van der Waals surface area contributed by atoms with Crippen LogP contribution in [0.3, 0.4) is 0 Å². The molecule has 0 saturated carbocycles. The first kappa shape index (κ1) is 12.7. The molecule has 0 aromatic carbocycles. The third-order valence-electron chi connectivity index (χ3n) is 3.35.